The van der Waals surface area contributed by atoms with Crippen LogP contribution < -0.4 is 0 Å². The van der Waals surface area contributed by atoms with Gasteiger partial charge in [-0.1, -0.05) is 6.07 Å². The number of carboxylic acids is 1. The van der Waals surface area contributed by atoms with Crippen molar-refractivity contribution in [1.29, 1.82) is 0 Å². The number of likely N-dealkylation sites (tertiary alicyclic amines) is 1. The Hall–Kier alpha value is -1.95. The van der Waals surface area contributed by atoms with Crippen molar-refractivity contribution in [3.63, 3.8) is 0 Å². The molecule has 106 valence electrons. The highest BCUT2D eigenvalue weighted by atomic mass is 16.4. The molecular formula is C14H18N4O2. The Bertz CT molecular complexity index is 629. The van der Waals surface area contributed by atoms with Crippen molar-refractivity contribution in [2.24, 2.45) is 5.92 Å². The molecule has 0 amide bonds. The number of carbonyl (C=O) groups is 1. The number of rotatable bonds is 3. The van der Waals surface area contributed by atoms with Crippen molar-refractivity contribution in [3.05, 3.63) is 29.7 Å². The highest BCUT2D eigenvalue weighted by Crippen LogP contribution is 2.20. The fourth-order valence-electron chi connectivity index (χ4n) is 2.72. The normalized spacial score (nSPS) is 17.6. The van der Waals surface area contributed by atoms with E-state index in [2.05, 4.69) is 22.0 Å². The summed E-state index contributed by atoms with van der Waals surface area (Å²) in [5.41, 5.74) is 0.762. The van der Waals surface area contributed by atoms with Gasteiger partial charge in [0.15, 0.2) is 17.2 Å². The molecule has 1 N–H and O–H groups in total. The van der Waals surface area contributed by atoms with Gasteiger partial charge in [0.05, 0.1) is 0 Å². The molecule has 1 fully saturated rings. The molecule has 6 heteroatoms. The first-order valence-electron chi connectivity index (χ1n) is 6.90. The Balaban J connectivity index is 1.82. The van der Waals surface area contributed by atoms with Crippen molar-refractivity contribution in [2.45, 2.75) is 19.3 Å². The zero-order valence-corrected chi connectivity index (χ0v) is 11.5. The van der Waals surface area contributed by atoms with E-state index >= 15 is 0 Å². The third-order valence-electron chi connectivity index (χ3n) is 3.93. The van der Waals surface area contributed by atoms with E-state index in [0.29, 0.717) is 11.6 Å². The van der Waals surface area contributed by atoms with Crippen LogP contribution in [0.3, 0.4) is 0 Å². The quantitative estimate of drug-likeness (QED) is 0.913. The predicted octanol–water partition coefficient (Wildman–Crippen LogP) is 1.31. The van der Waals surface area contributed by atoms with E-state index in [1.807, 2.05) is 0 Å². The first-order chi connectivity index (χ1) is 9.63. The van der Waals surface area contributed by atoms with Gasteiger partial charge in [-0.15, -0.1) is 0 Å². The van der Waals surface area contributed by atoms with E-state index in [1.165, 1.54) is 4.52 Å². The summed E-state index contributed by atoms with van der Waals surface area (Å²) < 4.78 is 1.42. The molecule has 0 spiro atoms. The van der Waals surface area contributed by atoms with E-state index in [1.54, 1.807) is 18.2 Å². The zero-order chi connectivity index (χ0) is 14.1. The molecule has 6 nitrogen and oxygen atoms in total. The van der Waals surface area contributed by atoms with Gasteiger partial charge in [-0.05, 0) is 51.0 Å². The van der Waals surface area contributed by atoms with Gasteiger partial charge in [-0.25, -0.2) is 14.3 Å². The number of hydrogen-bond donors (Lipinski definition) is 1. The SMILES string of the molecule is CN1CCC(Cc2nc3cccc(C(=O)O)n3n2)CC1. The largest absolute Gasteiger partial charge is 0.477 e. The Kier molecular flexibility index (Phi) is 3.40. The van der Waals surface area contributed by atoms with Crippen LogP contribution >= 0.6 is 0 Å². The smallest absolute Gasteiger partial charge is 0.354 e. The van der Waals surface area contributed by atoms with Crippen LogP contribution in [-0.4, -0.2) is 50.7 Å². The van der Waals surface area contributed by atoms with Gasteiger partial charge in [0.25, 0.3) is 0 Å². The maximum atomic E-state index is 11.2. The second kappa shape index (κ2) is 5.20. The Labute approximate surface area is 117 Å². The average molecular weight is 274 g/mol. The number of hydrogen-bond acceptors (Lipinski definition) is 4. The van der Waals surface area contributed by atoms with Gasteiger partial charge < -0.3 is 10.0 Å². The van der Waals surface area contributed by atoms with Gasteiger partial charge in [-0.2, -0.15) is 5.10 Å². The Morgan fingerprint density at radius 1 is 1.40 bits per heavy atom. The minimum atomic E-state index is -0.980. The molecule has 0 unspecified atom stereocenters. The van der Waals surface area contributed by atoms with Crippen LogP contribution in [0.4, 0.5) is 0 Å². The fourth-order valence-corrected chi connectivity index (χ4v) is 2.72. The number of fused-ring (bicyclic) bond motifs is 1. The molecular weight excluding hydrogens is 256 g/mol. The monoisotopic (exact) mass is 274 g/mol. The molecule has 3 rings (SSSR count). The summed E-state index contributed by atoms with van der Waals surface area (Å²) in [6.45, 7) is 2.22. The summed E-state index contributed by atoms with van der Waals surface area (Å²) in [7, 11) is 2.14. The molecule has 0 atom stereocenters. The first-order valence-corrected chi connectivity index (χ1v) is 6.90. The lowest BCUT2D eigenvalue weighted by molar-refractivity contribution is 0.0687. The maximum absolute atomic E-state index is 11.2. The van der Waals surface area contributed by atoms with Gasteiger partial charge in [-0.3, -0.25) is 0 Å². The third kappa shape index (κ3) is 2.51. The van der Waals surface area contributed by atoms with E-state index in [0.717, 1.165) is 38.2 Å². The van der Waals surface area contributed by atoms with Crippen molar-refractivity contribution in [2.75, 3.05) is 20.1 Å². The average Bonchev–Trinajstić information content (AvgIpc) is 2.83. The third-order valence-corrected chi connectivity index (χ3v) is 3.93. The standard InChI is InChI=1S/C14H18N4O2/c1-17-7-5-10(6-8-17)9-12-15-13-4-2-3-11(14(19)20)18(13)16-12/h2-4,10H,5-9H2,1H3,(H,19,20). The van der Waals surface area contributed by atoms with Crippen molar-refractivity contribution < 1.29 is 9.90 Å². The molecule has 0 aromatic carbocycles. The van der Waals surface area contributed by atoms with Crippen LogP contribution in [0.25, 0.3) is 5.65 Å². The van der Waals surface area contributed by atoms with Gasteiger partial charge in [0.1, 0.15) is 0 Å². The molecule has 1 saturated heterocycles. The number of nitrogens with zero attached hydrogens (tertiary/aromatic N) is 4. The number of aromatic carboxylic acids is 1. The molecule has 1 aliphatic heterocycles. The number of carboxylic acid groups (broad SMARTS) is 1. The van der Waals surface area contributed by atoms with Gasteiger partial charge >= 0.3 is 5.97 Å². The lowest BCUT2D eigenvalue weighted by Gasteiger charge is -2.28. The van der Waals surface area contributed by atoms with Crippen LogP contribution in [0.1, 0.15) is 29.2 Å². The van der Waals surface area contributed by atoms with Crippen molar-refractivity contribution >= 4 is 11.6 Å². The molecule has 0 radical (unpaired) electrons. The van der Waals surface area contributed by atoms with Gasteiger partial charge in [0, 0.05) is 6.42 Å². The molecule has 2 aromatic heterocycles. The van der Waals surface area contributed by atoms with E-state index in [9.17, 15) is 4.79 Å². The Morgan fingerprint density at radius 2 is 2.15 bits per heavy atom. The Morgan fingerprint density at radius 3 is 2.85 bits per heavy atom. The molecule has 3 heterocycles. The van der Waals surface area contributed by atoms with Crippen LogP contribution in [0.15, 0.2) is 18.2 Å². The first kappa shape index (κ1) is 13.1. The zero-order valence-electron chi connectivity index (χ0n) is 11.5. The lowest BCUT2D eigenvalue weighted by atomic mass is 9.94. The highest BCUT2D eigenvalue weighted by Gasteiger charge is 2.19. The molecule has 0 saturated carbocycles. The minimum absolute atomic E-state index is 0.157. The summed E-state index contributed by atoms with van der Waals surface area (Å²) >= 11 is 0. The number of aromatic nitrogens is 3. The van der Waals surface area contributed by atoms with Crippen LogP contribution in [-0.2, 0) is 6.42 Å². The van der Waals surface area contributed by atoms with Crippen LogP contribution in [0.5, 0.6) is 0 Å². The van der Waals surface area contributed by atoms with Crippen LogP contribution in [0, 0.1) is 5.92 Å². The van der Waals surface area contributed by atoms with Gasteiger partial charge in [0.2, 0.25) is 0 Å². The van der Waals surface area contributed by atoms with E-state index in [4.69, 9.17) is 5.11 Å². The topological polar surface area (TPSA) is 70.7 Å². The second-order valence-corrected chi connectivity index (χ2v) is 5.46. The summed E-state index contributed by atoms with van der Waals surface area (Å²) in [6.07, 6.45) is 3.13. The predicted molar refractivity (Wildman–Crippen MR) is 73.9 cm³/mol. The molecule has 1 aliphatic rings. The second-order valence-electron chi connectivity index (χ2n) is 5.46. The number of pyridine rings is 1. The molecule has 2 aromatic rings. The highest BCUT2D eigenvalue weighted by molar-refractivity contribution is 5.86. The van der Waals surface area contributed by atoms with E-state index < -0.39 is 5.97 Å². The minimum Gasteiger partial charge on any atom is -0.477 e. The summed E-state index contributed by atoms with van der Waals surface area (Å²) in [5, 5.41) is 13.5. The maximum Gasteiger partial charge on any atom is 0.354 e. The fraction of sp³-hybridized carbons (Fsp3) is 0.500. The molecule has 0 aliphatic carbocycles. The van der Waals surface area contributed by atoms with Crippen LogP contribution in [0.2, 0.25) is 0 Å². The summed E-state index contributed by atoms with van der Waals surface area (Å²) in [6, 6.07) is 5.04. The lowest BCUT2D eigenvalue weighted by Crippen LogP contribution is -2.31. The van der Waals surface area contributed by atoms with Crippen molar-refractivity contribution in [3.8, 4) is 0 Å². The summed E-state index contributed by atoms with van der Waals surface area (Å²) in [5.74, 6) is 0.358. The molecule has 0 bridgehead atoms. The van der Waals surface area contributed by atoms with Crippen molar-refractivity contribution in [1.82, 2.24) is 19.5 Å². The molecule has 20 heavy (non-hydrogen) atoms. The van der Waals surface area contributed by atoms with E-state index in [-0.39, 0.29) is 5.69 Å². The number of piperidine rings is 1. The summed E-state index contributed by atoms with van der Waals surface area (Å²) in [4.78, 5) is 17.9.